The second-order valence-electron chi connectivity index (χ2n) is 6.86. The minimum Gasteiger partial charge on any atom is -0.347 e. The van der Waals surface area contributed by atoms with Crippen LogP contribution in [0.25, 0.3) is 0 Å². The molecule has 0 fully saturated rings. The number of rotatable bonds is 5. The molecule has 0 unspecified atom stereocenters. The van der Waals surface area contributed by atoms with Gasteiger partial charge >= 0.3 is 6.03 Å². The topological polar surface area (TPSA) is 88.1 Å². The molecule has 7 nitrogen and oxygen atoms in total. The van der Waals surface area contributed by atoms with Gasteiger partial charge in [0, 0.05) is 48.7 Å². The van der Waals surface area contributed by atoms with E-state index in [2.05, 4.69) is 21.0 Å². The van der Waals surface area contributed by atoms with Crippen LogP contribution in [-0.2, 0) is 13.5 Å². The van der Waals surface area contributed by atoms with Gasteiger partial charge in [0.25, 0.3) is 5.91 Å². The van der Waals surface area contributed by atoms with E-state index in [0.717, 1.165) is 5.69 Å². The Morgan fingerprint density at radius 2 is 1.80 bits per heavy atom. The lowest BCUT2D eigenvalue weighted by Gasteiger charge is -2.20. The fourth-order valence-corrected chi connectivity index (χ4v) is 2.24. The average Bonchev–Trinajstić information content (AvgIpc) is 2.91. The van der Waals surface area contributed by atoms with Crippen LogP contribution in [0.4, 0.5) is 10.5 Å². The minimum atomic E-state index is -0.290. The van der Waals surface area contributed by atoms with Crippen LogP contribution >= 0.6 is 0 Å². The monoisotopic (exact) mass is 343 g/mol. The number of hydrogen-bond acceptors (Lipinski definition) is 3. The highest BCUT2D eigenvalue weighted by Crippen LogP contribution is 2.11. The van der Waals surface area contributed by atoms with Crippen molar-refractivity contribution in [3.05, 3.63) is 47.8 Å². The molecule has 3 amide bonds. The van der Waals surface area contributed by atoms with E-state index in [1.54, 1.807) is 35.1 Å². The normalized spacial score (nSPS) is 11.0. The van der Waals surface area contributed by atoms with Crippen LogP contribution in [-0.4, -0.2) is 33.8 Å². The third-order valence-electron chi connectivity index (χ3n) is 3.48. The van der Waals surface area contributed by atoms with Crippen LogP contribution < -0.4 is 16.0 Å². The fraction of sp³-hybridized carbons (Fsp3) is 0.389. The number of anilines is 1. The van der Waals surface area contributed by atoms with Gasteiger partial charge in [-0.1, -0.05) is 0 Å². The van der Waals surface area contributed by atoms with E-state index in [1.165, 1.54) is 0 Å². The van der Waals surface area contributed by atoms with E-state index >= 15 is 0 Å². The number of nitrogens with one attached hydrogen (secondary N) is 3. The molecule has 134 valence electrons. The summed E-state index contributed by atoms with van der Waals surface area (Å²) in [6.07, 6.45) is 2.43. The molecule has 25 heavy (non-hydrogen) atoms. The van der Waals surface area contributed by atoms with E-state index < -0.39 is 0 Å². The molecule has 0 aliphatic heterocycles. The van der Waals surface area contributed by atoms with Crippen molar-refractivity contribution in [2.24, 2.45) is 7.05 Å². The molecule has 0 bridgehead atoms. The van der Waals surface area contributed by atoms with Crippen molar-refractivity contribution in [2.75, 3.05) is 11.9 Å². The first-order valence-electron chi connectivity index (χ1n) is 8.19. The van der Waals surface area contributed by atoms with Crippen molar-refractivity contribution >= 4 is 17.6 Å². The zero-order chi connectivity index (χ0) is 18.4. The number of amides is 3. The first-order chi connectivity index (χ1) is 11.7. The first kappa shape index (κ1) is 18.5. The Balaban J connectivity index is 1.81. The Kier molecular flexibility index (Phi) is 5.80. The Morgan fingerprint density at radius 1 is 1.12 bits per heavy atom. The third kappa shape index (κ3) is 5.95. The summed E-state index contributed by atoms with van der Waals surface area (Å²) in [6, 6.07) is 8.42. The molecule has 0 atom stereocenters. The Morgan fingerprint density at radius 3 is 2.36 bits per heavy atom. The van der Waals surface area contributed by atoms with E-state index in [9.17, 15) is 9.59 Å². The smallest absolute Gasteiger partial charge is 0.319 e. The molecule has 0 radical (unpaired) electrons. The predicted octanol–water partition coefficient (Wildman–Crippen LogP) is 2.31. The largest absolute Gasteiger partial charge is 0.347 e. The molecule has 7 heteroatoms. The van der Waals surface area contributed by atoms with Crippen LogP contribution in [0.15, 0.2) is 36.5 Å². The molecule has 2 rings (SSSR count). The highest BCUT2D eigenvalue weighted by Gasteiger charge is 2.15. The average molecular weight is 343 g/mol. The van der Waals surface area contributed by atoms with Gasteiger partial charge in [-0.15, -0.1) is 0 Å². The molecule has 2 aromatic rings. The first-order valence-corrected chi connectivity index (χ1v) is 8.19. The molecule has 3 N–H and O–H groups in total. The SMILES string of the molecule is Cn1nccc1CCNC(=O)Nc1ccc(C(=O)NC(C)(C)C)cc1. The lowest BCUT2D eigenvalue weighted by Crippen LogP contribution is -2.40. The van der Waals surface area contributed by atoms with Gasteiger partial charge in [-0.3, -0.25) is 9.48 Å². The van der Waals surface area contributed by atoms with Gasteiger partial charge in [-0.05, 0) is 51.1 Å². The van der Waals surface area contributed by atoms with Gasteiger partial charge in [0.1, 0.15) is 0 Å². The second-order valence-corrected chi connectivity index (χ2v) is 6.86. The highest BCUT2D eigenvalue weighted by atomic mass is 16.2. The summed E-state index contributed by atoms with van der Waals surface area (Å²) in [7, 11) is 1.87. The van der Waals surface area contributed by atoms with E-state index in [4.69, 9.17) is 0 Å². The number of urea groups is 1. The molecule has 0 saturated carbocycles. The van der Waals surface area contributed by atoms with E-state index in [0.29, 0.717) is 24.2 Å². The summed E-state index contributed by atoms with van der Waals surface area (Å²) in [4.78, 5) is 24.0. The maximum Gasteiger partial charge on any atom is 0.319 e. The molecular weight excluding hydrogens is 318 g/mol. The highest BCUT2D eigenvalue weighted by molar-refractivity contribution is 5.95. The molecule has 1 heterocycles. The van der Waals surface area contributed by atoms with Crippen molar-refractivity contribution in [3.8, 4) is 0 Å². The maximum atomic E-state index is 12.1. The lowest BCUT2D eigenvalue weighted by atomic mass is 10.1. The zero-order valence-electron chi connectivity index (χ0n) is 15.1. The van der Waals surface area contributed by atoms with E-state index in [1.807, 2.05) is 33.9 Å². The number of carbonyl (C=O) groups excluding carboxylic acids is 2. The zero-order valence-corrected chi connectivity index (χ0v) is 15.1. The van der Waals surface area contributed by atoms with Crippen molar-refractivity contribution in [3.63, 3.8) is 0 Å². The number of benzene rings is 1. The molecule has 0 spiro atoms. The van der Waals surface area contributed by atoms with Gasteiger partial charge in [0.2, 0.25) is 0 Å². The molecule has 0 aliphatic carbocycles. The van der Waals surface area contributed by atoms with Crippen molar-refractivity contribution in [1.82, 2.24) is 20.4 Å². The molecule has 0 saturated heterocycles. The number of aromatic nitrogens is 2. The van der Waals surface area contributed by atoms with Gasteiger partial charge in [-0.25, -0.2) is 4.79 Å². The molecule has 1 aromatic heterocycles. The number of carbonyl (C=O) groups is 2. The summed E-state index contributed by atoms with van der Waals surface area (Å²) >= 11 is 0. The quantitative estimate of drug-likeness (QED) is 0.778. The number of nitrogens with zero attached hydrogens (tertiary/aromatic N) is 2. The molecule has 0 aliphatic rings. The minimum absolute atomic E-state index is 0.139. The summed E-state index contributed by atoms with van der Waals surface area (Å²) in [5.74, 6) is -0.139. The standard InChI is InChI=1S/C18H25N5O2/c1-18(2,3)22-16(24)13-5-7-14(8-6-13)21-17(25)19-11-9-15-10-12-20-23(15)4/h5-8,10,12H,9,11H2,1-4H3,(H,22,24)(H2,19,21,25). The summed E-state index contributed by atoms with van der Waals surface area (Å²) < 4.78 is 1.78. The van der Waals surface area contributed by atoms with Gasteiger partial charge in [0.15, 0.2) is 0 Å². The summed E-state index contributed by atoms with van der Waals surface area (Å²) in [5.41, 5.74) is 1.94. The van der Waals surface area contributed by atoms with Gasteiger partial charge in [0.05, 0.1) is 0 Å². The van der Waals surface area contributed by atoms with E-state index in [-0.39, 0.29) is 17.5 Å². The van der Waals surface area contributed by atoms with Crippen LogP contribution in [0, 0.1) is 0 Å². The van der Waals surface area contributed by atoms with Gasteiger partial charge in [-0.2, -0.15) is 5.10 Å². The lowest BCUT2D eigenvalue weighted by molar-refractivity contribution is 0.0919. The van der Waals surface area contributed by atoms with Gasteiger partial charge < -0.3 is 16.0 Å². The Hall–Kier alpha value is -2.83. The number of aryl methyl sites for hydroxylation is 1. The third-order valence-corrected chi connectivity index (χ3v) is 3.48. The van der Waals surface area contributed by atoms with Crippen LogP contribution in [0.3, 0.4) is 0 Å². The van der Waals surface area contributed by atoms with Crippen molar-refractivity contribution in [2.45, 2.75) is 32.7 Å². The molecular formula is C18H25N5O2. The van der Waals surface area contributed by atoms with Crippen LogP contribution in [0.1, 0.15) is 36.8 Å². The maximum absolute atomic E-state index is 12.1. The second kappa shape index (κ2) is 7.83. The Bertz CT molecular complexity index is 729. The van der Waals surface area contributed by atoms with Crippen LogP contribution in [0.2, 0.25) is 0 Å². The van der Waals surface area contributed by atoms with Crippen LogP contribution in [0.5, 0.6) is 0 Å². The number of hydrogen-bond donors (Lipinski definition) is 3. The fourth-order valence-electron chi connectivity index (χ4n) is 2.24. The Labute approximate surface area is 147 Å². The predicted molar refractivity (Wildman–Crippen MR) is 97.6 cm³/mol. The van der Waals surface area contributed by atoms with Crippen molar-refractivity contribution < 1.29 is 9.59 Å². The van der Waals surface area contributed by atoms with Crippen molar-refractivity contribution in [1.29, 1.82) is 0 Å². The molecule has 1 aromatic carbocycles. The summed E-state index contributed by atoms with van der Waals surface area (Å²) in [6.45, 7) is 6.29. The summed E-state index contributed by atoms with van der Waals surface area (Å²) in [5, 5.41) is 12.5.